The molecule has 0 unspecified atom stereocenters. The molecule has 8 aliphatic rings. The molecule has 0 N–H and O–H groups in total. The first-order valence-corrected chi connectivity index (χ1v) is 15.6. The molecule has 2 aromatic rings. The highest BCUT2D eigenvalue weighted by molar-refractivity contribution is 5.67. The molecule has 0 saturated heterocycles. The van der Waals surface area contributed by atoms with E-state index in [1.54, 1.807) is 11.1 Å². The third-order valence-corrected chi connectivity index (χ3v) is 11.4. The molecule has 204 valence electrons. The predicted molar refractivity (Wildman–Crippen MR) is 155 cm³/mol. The van der Waals surface area contributed by atoms with E-state index in [1.807, 2.05) is 14.2 Å². The van der Waals surface area contributed by atoms with Gasteiger partial charge in [-0.15, -0.1) is 0 Å². The molecular formula is C36H42O3. The number of hydrogen-bond donors (Lipinski definition) is 0. The van der Waals surface area contributed by atoms with Gasteiger partial charge in [-0.2, -0.15) is 0 Å². The van der Waals surface area contributed by atoms with E-state index >= 15 is 0 Å². The molecule has 0 atom stereocenters. The minimum atomic E-state index is 0.711. The van der Waals surface area contributed by atoms with Crippen LogP contribution >= 0.6 is 0 Å². The van der Waals surface area contributed by atoms with E-state index in [9.17, 15) is 0 Å². The monoisotopic (exact) mass is 522 g/mol. The number of hydrogen-bond acceptors (Lipinski definition) is 3. The minimum absolute atomic E-state index is 0.711. The molecule has 39 heavy (non-hydrogen) atoms. The average molecular weight is 523 g/mol. The second-order valence-corrected chi connectivity index (χ2v) is 13.7. The normalized spacial score (nSPS) is 35.3. The van der Waals surface area contributed by atoms with E-state index < -0.39 is 0 Å². The molecule has 3 heteroatoms. The lowest BCUT2D eigenvalue weighted by molar-refractivity contribution is 0.0674. The van der Waals surface area contributed by atoms with Crippen LogP contribution in [0.2, 0.25) is 0 Å². The van der Waals surface area contributed by atoms with Crippen LogP contribution in [-0.2, 0) is 9.47 Å². The summed E-state index contributed by atoms with van der Waals surface area (Å²) in [5, 5.41) is 0. The first-order valence-electron chi connectivity index (χ1n) is 15.6. The number of rotatable bonds is 6. The molecule has 0 amide bonds. The standard InChI is InChI=1S/C36H42O3/c1-37-35(33-27-11-21-9-22(13-27)14-28(33)12-21)25-5-3-7-31(19-25)39-32-8-4-6-26(20-32)36(38-2)34-29-15-23-10-24(17-29)18-30(34)16-23/h3-8,19-24,27-30H,9-18H2,1-2H3. The first-order chi connectivity index (χ1) is 19.1. The molecule has 8 aliphatic carbocycles. The molecule has 3 nitrogen and oxygen atoms in total. The van der Waals surface area contributed by atoms with Crippen LogP contribution in [0.1, 0.15) is 75.3 Å². The fourth-order valence-electron chi connectivity index (χ4n) is 10.5. The van der Waals surface area contributed by atoms with E-state index in [1.165, 1.54) is 64.2 Å². The molecule has 10 rings (SSSR count). The van der Waals surface area contributed by atoms with Gasteiger partial charge in [0.1, 0.15) is 23.0 Å². The van der Waals surface area contributed by atoms with Crippen LogP contribution in [0, 0.1) is 47.3 Å². The van der Waals surface area contributed by atoms with Crippen molar-refractivity contribution in [2.45, 2.75) is 64.2 Å². The predicted octanol–water partition coefficient (Wildman–Crippen LogP) is 9.11. The van der Waals surface area contributed by atoms with Crippen molar-refractivity contribution in [3.63, 3.8) is 0 Å². The van der Waals surface area contributed by atoms with Gasteiger partial charge in [0.15, 0.2) is 0 Å². The largest absolute Gasteiger partial charge is 0.496 e. The Hall–Kier alpha value is -2.68. The fourth-order valence-corrected chi connectivity index (χ4v) is 10.5. The minimum Gasteiger partial charge on any atom is -0.496 e. The van der Waals surface area contributed by atoms with E-state index in [0.29, 0.717) is 23.7 Å². The fraction of sp³-hybridized carbons (Fsp3) is 0.556. The van der Waals surface area contributed by atoms with Gasteiger partial charge in [0, 0.05) is 11.1 Å². The second kappa shape index (κ2) is 9.46. The maximum Gasteiger partial charge on any atom is 0.128 e. The van der Waals surface area contributed by atoms with Gasteiger partial charge in [0.2, 0.25) is 0 Å². The summed E-state index contributed by atoms with van der Waals surface area (Å²) in [6.45, 7) is 0. The van der Waals surface area contributed by atoms with Gasteiger partial charge in [-0.05, 0) is 147 Å². The number of ether oxygens (including phenoxy) is 3. The summed E-state index contributed by atoms with van der Waals surface area (Å²) in [6, 6.07) is 17.1. The van der Waals surface area contributed by atoms with Gasteiger partial charge in [-0.1, -0.05) is 24.3 Å². The molecule has 0 aromatic heterocycles. The van der Waals surface area contributed by atoms with Crippen molar-refractivity contribution in [2.24, 2.45) is 47.3 Å². The average Bonchev–Trinajstić information content (AvgIpc) is 2.92. The molecule has 8 fully saturated rings. The topological polar surface area (TPSA) is 27.7 Å². The molecule has 8 saturated carbocycles. The zero-order valence-electron chi connectivity index (χ0n) is 23.5. The smallest absolute Gasteiger partial charge is 0.128 e. The van der Waals surface area contributed by atoms with Gasteiger partial charge in [-0.25, -0.2) is 0 Å². The summed E-state index contributed by atoms with van der Waals surface area (Å²) in [5.74, 6) is 10.6. The summed E-state index contributed by atoms with van der Waals surface area (Å²) < 4.78 is 18.8. The highest BCUT2D eigenvalue weighted by Gasteiger charge is 2.48. The van der Waals surface area contributed by atoms with Gasteiger partial charge >= 0.3 is 0 Å². The van der Waals surface area contributed by atoms with Gasteiger partial charge in [0.05, 0.1) is 14.2 Å². The van der Waals surface area contributed by atoms with Crippen molar-refractivity contribution in [1.29, 1.82) is 0 Å². The molecule has 8 bridgehead atoms. The Morgan fingerprint density at radius 1 is 0.513 bits per heavy atom. The third-order valence-electron chi connectivity index (χ3n) is 11.4. The number of allylic oxidation sites excluding steroid dienone is 2. The molecule has 0 spiro atoms. The molecular weight excluding hydrogens is 480 g/mol. The van der Waals surface area contributed by atoms with Crippen LogP contribution in [-0.4, -0.2) is 14.2 Å². The quantitative estimate of drug-likeness (QED) is 0.354. The Balaban J connectivity index is 1.08. The lowest BCUT2D eigenvalue weighted by Crippen LogP contribution is -2.40. The Labute approximate surface area is 233 Å². The summed E-state index contributed by atoms with van der Waals surface area (Å²) in [7, 11) is 3.71. The second-order valence-electron chi connectivity index (χ2n) is 13.7. The third kappa shape index (κ3) is 4.14. The Bertz CT molecular complexity index is 1170. The maximum absolute atomic E-state index is 6.50. The highest BCUT2D eigenvalue weighted by atomic mass is 16.5. The van der Waals surface area contributed by atoms with Gasteiger partial charge < -0.3 is 14.2 Å². The zero-order valence-corrected chi connectivity index (χ0v) is 23.5. The van der Waals surface area contributed by atoms with E-state index in [0.717, 1.165) is 57.8 Å². The van der Waals surface area contributed by atoms with Crippen LogP contribution in [0.5, 0.6) is 11.5 Å². The van der Waals surface area contributed by atoms with E-state index in [2.05, 4.69) is 48.5 Å². The summed E-state index contributed by atoms with van der Waals surface area (Å²) in [4.78, 5) is 0. The lowest BCUT2D eigenvalue weighted by atomic mass is 9.54. The Kier molecular flexibility index (Phi) is 5.86. The molecule has 0 heterocycles. The van der Waals surface area contributed by atoms with Crippen molar-refractivity contribution >= 4 is 11.5 Å². The number of benzene rings is 2. The van der Waals surface area contributed by atoms with Crippen LogP contribution in [0.3, 0.4) is 0 Å². The van der Waals surface area contributed by atoms with Crippen molar-refractivity contribution in [1.82, 2.24) is 0 Å². The lowest BCUT2D eigenvalue weighted by Gasteiger charge is -2.51. The zero-order chi connectivity index (χ0) is 26.1. The van der Waals surface area contributed by atoms with Crippen LogP contribution in [0.25, 0.3) is 11.5 Å². The molecule has 2 aromatic carbocycles. The maximum atomic E-state index is 6.50. The van der Waals surface area contributed by atoms with Crippen molar-refractivity contribution in [2.75, 3.05) is 14.2 Å². The van der Waals surface area contributed by atoms with Crippen LogP contribution < -0.4 is 4.74 Å². The van der Waals surface area contributed by atoms with E-state index in [-0.39, 0.29) is 0 Å². The highest BCUT2D eigenvalue weighted by Crippen LogP contribution is 2.59. The first kappa shape index (κ1) is 24.1. The summed E-state index contributed by atoms with van der Waals surface area (Å²) >= 11 is 0. The van der Waals surface area contributed by atoms with Crippen molar-refractivity contribution in [3.05, 3.63) is 70.8 Å². The van der Waals surface area contributed by atoms with E-state index in [4.69, 9.17) is 14.2 Å². The van der Waals surface area contributed by atoms with Gasteiger partial charge in [0.25, 0.3) is 0 Å². The Morgan fingerprint density at radius 3 is 1.21 bits per heavy atom. The van der Waals surface area contributed by atoms with Gasteiger partial charge in [-0.3, -0.25) is 0 Å². The summed E-state index contributed by atoms with van der Waals surface area (Å²) in [5.41, 5.74) is 5.50. The van der Waals surface area contributed by atoms with Crippen molar-refractivity contribution < 1.29 is 14.2 Å². The SMILES string of the molecule is COC(=C1C2CC3CC(C2)CC1C3)c1cccc(Oc2cccc(C(OC)=C3C4CC5CC(C4)CC3C5)c2)c1. The molecule has 0 aliphatic heterocycles. The van der Waals surface area contributed by atoms with Crippen LogP contribution in [0.4, 0.5) is 0 Å². The Morgan fingerprint density at radius 2 is 0.872 bits per heavy atom. The van der Waals surface area contributed by atoms with Crippen molar-refractivity contribution in [3.8, 4) is 11.5 Å². The summed E-state index contributed by atoms with van der Waals surface area (Å²) in [6.07, 6.45) is 13.8. The van der Waals surface area contributed by atoms with Crippen LogP contribution in [0.15, 0.2) is 59.7 Å². The number of methoxy groups -OCH3 is 2. The molecule has 0 radical (unpaired) electrons.